The van der Waals surface area contributed by atoms with Gasteiger partial charge >= 0.3 is 10.4 Å². The van der Waals surface area contributed by atoms with Crippen LogP contribution in [0.25, 0.3) is 0 Å². The molecule has 0 radical (unpaired) electrons. The summed E-state index contributed by atoms with van der Waals surface area (Å²) in [6, 6.07) is 0. The zero-order valence-electron chi connectivity index (χ0n) is 22.1. The summed E-state index contributed by atoms with van der Waals surface area (Å²) in [4.78, 5) is 0. The van der Waals surface area contributed by atoms with Crippen LogP contribution in [0, 0.1) is 5.92 Å². The van der Waals surface area contributed by atoms with Gasteiger partial charge in [-0.1, -0.05) is 148 Å². The van der Waals surface area contributed by atoms with E-state index in [0.29, 0.717) is 0 Å². The van der Waals surface area contributed by atoms with Gasteiger partial charge in [0.1, 0.15) is 0 Å². The smallest absolute Gasteiger partial charge is 0.264 e. The normalized spacial score (nSPS) is 13.2. The van der Waals surface area contributed by atoms with Gasteiger partial charge in [0.2, 0.25) is 0 Å². The third kappa shape index (κ3) is 27.7. The van der Waals surface area contributed by atoms with Crippen LogP contribution in [-0.4, -0.2) is 19.6 Å². The molecule has 198 valence electrons. The molecule has 0 aromatic heterocycles. The maximum absolute atomic E-state index is 11.0. The van der Waals surface area contributed by atoms with Crippen molar-refractivity contribution in [2.75, 3.05) is 6.61 Å². The van der Waals surface area contributed by atoms with Crippen molar-refractivity contribution in [2.24, 2.45) is 5.92 Å². The quantitative estimate of drug-likeness (QED) is 0.0747. The van der Waals surface area contributed by atoms with Crippen molar-refractivity contribution in [3.63, 3.8) is 0 Å². The van der Waals surface area contributed by atoms with Crippen molar-refractivity contribution in [2.45, 2.75) is 155 Å². The zero-order valence-corrected chi connectivity index (χ0v) is 22.9. The molecule has 0 aliphatic rings. The molecule has 0 fully saturated rings. The van der Waals surface area contributed by atoms with Gasteiger partial charge in [-0.25, -0.2) is 4.18 Å². The van der Waals surface area contributed by atoms with Gasteiger partial charge in [0.25, 0.3) is 0 Å². The Morgan fingerprint density at radius 2 is 1.03 bits per heavy atom. The first-order valence-electron chi connectivity index (χ1n) is 14.3. The van der Waals surface area contributed by atoms with Gasteiger partial charge in [0.05, 0.1) is 6.61 Å². The van der Waals surface area contributed by atoms with Gasteiger partial charge < -0.3 is 0 Å². The van der Waals surface area contributed by atoms with Gasteiger partial charge in [0.15, 0.2) is 0 Å². The van der Waals surface area contributed by atoms with Gasteiger partial charge in [0, 0.05) is 5.92 Å². The Morgan fingerprint density at radius 3 is 1.45 bits per heavy atom. The molecule has 1 N–H and O–H groups in total. The third-order valence-electron chi connectivity index (χ3n) is 6.49. The maximum Gasteiger partial charge on any atom is 0.397 e. The average Bonchev–Trinajstić information content (AvgIpc) is 2.78. The first-order chi connectivity index (χ1) is 16.0. The van der Waals surface area contributed by atoms with E-state index in [-0.39, 0.29) is 12.5 Å². The van der Waals surface area contributed by atoms with Crippen molar-refractivity contribution in [3.8, 4) is 0 Å². The van der Waals surface area contributed by atoms with Crippen LogP contribution in [0.3, 0.4) is 0 Å². The Morgan fingerprint density at radius 1 is 0.636 bits per heavy atom. The standard InChI is InChI=1S/C28H56O4S/c1-3-5-7-9-11-13-15-16-18-20-22-24-26-28(27-32-33(29,30)31)25-23-21-19-17-14-12-10-8-6-4-2/h24,26,28H,3-23,25,27H2,1-2H3,(H,29,30,31)/b26-24+. The molecule has 1 unspecified atom stereocenters. The Balaban J connectivity index is 3.87. The summed E-state index contributed by atoms with van der Waals surface area (Å²) in [5.74, 6) is 0.0593. The molecule has 0 saturated heterocycles. The third-order valence-corrected chi connectivity index (χ3v) is 6.93. The Bertz CT molecular complexity index is 516. The highest BCUT2D eigenvalue weighted by Gasteiger charge is 2.11. The molecule has 1 atom stereocenters. The van der Waals surface area contributed by atoms with Crippen molar-refractivity contribution >= 4 is 10.4 Å². The minimum Gasteiger partial charge on any atom is -0.264 e. The molecule has 0 aromatic rings. The highest BCUT2D eigenvalue weighted by molar-refractivity contribution is 7.80. The lowest BCUT2D eigenvalue weighted by Gasteiger charge is -2.12. The number of hydrogen-bond acceptors (Lipinski definition) is 3. The largest absolute Gasteiger partial charge is 0.397 e. The Labute approximate surface area is 207 Å². The Kier molecular flexibility index (Phi) is 24.4. The summed E-state index contributed by atoms with van der Waals surface area (Å²) in [5.41, 5.74) is 0. The first kappa shape index (κ1) is 32.6. The highest BCUT2D eigenvalue weighted by atomic mass is 32.3. The molecule has 0 bridgehead atoms. The lowest BCUT2D eigenvalue weighted by molar-refractivity contribution is 0.234. The molecule has 5 heteroatoms. The number of allylic oxidation sites excluding steroid dienone is 1. The van der Waals surface area contributed by atoms with E-state index in [1.807, 2.05) is 0 Å². The summed E-state index contributed by atoms with van der Waals surface area (Å²) in [7, 11) is -4.36. The molecular formula is C28H56O4S. The molecule has 0 heterocycles. The summed E-state index contributed by atoms with van der Waals surface area (Å²) in [6.07, 6.45) is 32.5. The van der Waals surface area contributed by atoms with Crippen LogP contribution < -0.4 is 0 Å². The lowest BCUT2D eigenvalue weighted by atomic mass is 9.99. The van der Waals surface area contributed by atoms with Crippen LogP contribution in [0.5, 0.6) is 0 Å². The number of unbranched alkanes of at least 4 members (excludes halogenated alkanes) is 19. The van der Waals surface area contributed by atoms with Gasteiger partial charge in [-0.2, -0.15) is 8.42 Å². The molecule has 33 heavy (non-hydrogen) atoms. The van der Waals surface area contributed by atoms with Crippen LogP contribution in [0.1, 0.15) is 155 Å². The average molecular weight is 489 g/mol. The molecule has 0 aromatic carbocycles. The molecule has 0 spiro atoms. The van der Waals surface area contributed by atoms with E-state index in [1.54, 1.807) is 0 Å². The second-order valence-electron chi connectivity index (χ2n) is 9.84. The minimum atomic E-state index is -4.36. The number of hydrogen-bond donors (Lipinski definition) is 1. The summed E-state index contributed by atoms with van der Waals surface area (Å²) in [6.45, 7) is 4.56. The topological polar surface area (TPSA) is 63.6 Å². The number of rotatable bonds is 26. The second-order valence-corrected chi connectivity index (χ2v) is 10.9. The predicted octanol–water partition coefficient (Wildman–Crippen LogP) is 9.60. The van der Waals surface area contributed by atoms with E-state index in [2.05, 4.69) is 30.2 Å². The predicted molar refractivity (Wildman–Crippen MR) is 143 cm³/mol. The molecule has 0 amide bonds. The molecular weight excluding hydrogens is 432 g/mol. The van der Waals surface area contributed by atoms with Gasteiger partial charge in [-0.05, 0) is 19.3 Å². The van der Waals surface area contributed by atoms with Crippen molar-refractivity contribution in [1.82, 2.24) is 0 Å². The van der Waals surface area contributed by atoms with E-state index >= 15 is 0 Å². The van der Waals surface area contributed by atoms with E-state index < -0.39 is 10.4 Å². The molecule has 4 nitrogen and oxygen atoms in total. The van der Waals surface area contributed by atoms with Gasteiger partial charge in [-0.15, -0.1) is 0 Å². The van der Waals surface area contributed by atoms with E-state index in [0.717, 1.165) is 19.3 Å². The monoisotopic (exact) mass is 488 g/mol. The van der Waals surface area contributed by atoms with Crippen molar-refractivity contribution < 1.29 is 17.2 Å². The van der Waals surface area contributed by atoms with Crippen LogP contribution in [0.15, 0.2) is 12.2 Å². The fourth-order valence-corrected chi connectivity index (χ4v) is 4.69. The van der Waals surface area contributed by atoms with E-state index in [9.17, 15) is 8.42 Å². The van der Waals surface area contributed by atoms with Crippen LogP contribution in [0.2, 0.25) is 0 Å². The molecule has 0 aliphatic heterocycles. The Hall–Kier alpha value is -0.390. The van der Waals surface area contributed by atoms with Crippen LogP contribution in [0.4, 0.5) is 0 Å². The van der Waals surface area contributed by atoms with Crippen LogP contribution in [-0.2, 0) is 14.6 Å². The SMILES string of the molecule is CCCCCCCCCCCC/C=C/C(CCCCCCCCCCCC)COS(=O)(=O)O. The highest BCUT2D eigenvalue weighted by Crippen LogP contribution is 2.17. The first-order valence-corrected chi connectivity index (χ1v) is 15.6. The van der Waals surface area contributed by atoms with Gasteiger partial charge in [-0.3, -0.25) is 4.55 Å². The minimum absolute atomic E-state index is 0.0464. The summed E-state index contributed by atoms with van der Waals surface area (Å²) in [5, 5.41) is 0. The molecule has 0 saturated carbocycles. The fraction of sp³-hybridized carbons (Fsp3) is 0.929. The van der Waals surface area contributed by atoms with Crippen molar-refractivity contribution in [1.29, 1.82) is 0 Å². The zero-order chi connectivity index (χ0) is 24.5. The summed E-state index contributed by atoms with van der Waals surface area (Å²) < 4.78 is 35.5. The molecule has 0 rings (SSSR count). The second kappa shape index (κ2) is 24.7. The molecule has 0 aliphatic carbocycles. The van der Waals surface area contributed by atoms with E-state index in [1.165, 1.54) is 122 Å². The van der Waals surface area contributed by atoms with Crippen molar-refractivity contribution in [3.05, 3.63) is 12.2 Å². The van der Waals surface area contributed by atoms with E-state index in [4.69, 9.17) is 4.55 Å². The maximum atomic E-state index is 11.0. The fourth-order valence-electron chi connectivity index (χ4n) is 4.34. The van der Waals surface area contributed by atoms with Crippen LogP contribution >= 0.6 is 0 Å². The summed E-state index contributed by atoms with van der Waals surface area (Å²) >= 11 is 0. The lowest BCUT2D eigenvalue weighted by Crippen LogP contribution is -2.12.